The smallest absolute Gasteiger partial charge is 0.241 e. The van der Waals surface area contributed by atoms with Crippen LogP contribution in [0.25, 0.3) is 0 Å². The van der Waals surface area contributed by atoms with Crippen LogP contribution < -0.4 is 11.1 Å². The summed E-state index contributed by atoms with van der Waals surface area (Å²) in [6.45, 7) is 2.77. The standard InChI is InChI=1S/C16H21N3OS/c1-12(19(2)9-8-15-7-4-10-21-15)16(20)18-14-6-3-5-13(17)11-14/h3-7,10-12H,8-9,17H2,1-2H3,(H,18,20). The summed E-state index contributed by atoms with van der Waals surface area (Å²) in [6, 6.07) is 11.2. The lowest BCUT2D eigenvalue weighted by atomic mass is 10.2. The lowest BCUT2D eigenvalue weighted by Gasteiger charge is -2.23. The first kappa shape index (κ1) is 15.5. The van der Waals surface area contributed by atoms with Crippen molar-refractivity contribution in [2.75, 3.05) is 24.6 Å². The number of carbonyl (C=O) groups is 1. The van der Waals surface area contributed by atoms with Gasteiger partial charge in [0.1, 0.15) is 0 Å². The number of hydrogen-bond acceptors (Lipinski definition) is 4. The van der Waals surface area contributed by atoms with E-state index in [9.17, 15) is 4.79 Å². The molecule has 0 saturated heterocycles. The van der Waals surface area contributed by atoms with Gasteiger partial charge in [-0.15, -0.1) is 11.3 Å². The van der Waals surface area contributed by atoms with Crippen LogP contribution in [0, 0.1) is 0 Å². The number of nitrogens with one attached hydrogen (secondary N) is 1. The van der Waals surface area contributed by atoms with Crippen molar-refractivity contribution in [2.24, 2.45) is 0 Å². The molecule has 1 heterocycles. The molecule has 0 aliphatic carbocycles. The van der Waals surface area contributed by atoms with Gasteiger partial charge in [0.05, 0.1) is 6.04 Å². The van der Waals surface area contributed by atoms with Crippen molar-refractivity contribution < 1.29 is 4.79 Å². The second-order valence-electron chi connectivity index (χ2n) is 5.10. The summed E-state index contributed by atoms with van der Waals surface area (Å²) in [5.41, 5.74) is 7.09. The quantitative estimate of drug-likeness (QED) is 0.807. The molecule has 1 aromatic heterocycles. The van der Waals surface area contributed by atoms with E-state index in [1.165, 1.54) is 4.88 Å². The highest BCUT2D eigenvalue weighted by atomic mass is 32.1. The van der Waals surface area contributed by atoms with Crippen LogP contribution in [0.2, 0.25) is 0 Å². The summed E-state index contributed by atoms with van der Waals surface area (Å²) in [7, 11) is 1.97. The molecule has 1 aromatic carbocycles. The van der Waals surface area contributed by atoms with Crippen LogP contribution >= 0.6 is 11.3 Å². The maximum Gasteiger partial charge on any atom is 0.241 e. The van der Waals surface area contributed by atoms with Crippen LogP contribution in [-0.4, -0.2) is 30.4 Å². The molecule has 4 nitrogen and oxygen atoms in total. The normalized spacial score (nSPS) is 12.3. The number of thiophene rings is 1. The van der Waals surface area contributed by atoms with Gasteiger partial charge in [-0.2, -0.15) is 0 Å². The average Bonchev–Trinajstić information content (AvgIpc) is 2.97. The predicted molar refractivity (Wildman–Crippen MR) is 89.6 cm³/mol. The van der Waals surface area contributed by atoms with Gasteiger partial charge in [-0.1, -0.05) is 12.1 Å². The molecule has 112 valence electrons. The van der Waals surface area contributed by atoms with E-state index in [2.05, 4.69) is 27.7 Å². The summed E-state index contributed by atoms with van der Waals surface area (Å²) < 4.78 is 0. The van der Waals surface area contributed by atoms with Crippen molar-refractivity contribution in [3.63, 3.8) is 0 Å². The maximum absolute atomic E-state index is 12.2. The second-order valence-corrected chi connectivity index (χ2v) is 6.13. The van der Waals surface area contributed by atoms with E-state index in [0.717, 1.165) is 18.7 Å². The lowest BCUT2D eigenvalue weighted by Crippen LogP contribution is -2.40. The van der Waals surface area contributed by atoms with Gasteiger partial charge < -0.3 is 11.1 Å². The van der Waals surface area contributed by atoms with Crippen LogP contribution in [0.3, 0.4) is 0 Å². The van der Waals surface area contributed by atoms with Crippen molar-refractivity contribution in [1.29, 1.82) is 0 Å². The molecule has 21 heavy (non-hydrogen) atoms. The van der Waals surface area contributed by atoms with Gasteiger partial charge in [0.15, 0.2) is 0 Å². The third-order valence-electron chi connectivity index (χ3n) is 3.49. The van der Waals surface area contributed by atoms with Gasteiger partial charge in [-0.05, 0) is 50.0 Å². The summed E-state index contributed by atoms with van der Waals surface area (Å²) >= 11 is 1.75. The number of likely N-dealkylation sites (N-methyl/N-ethyl adjacent to an activating group) is 1. The Bertz CT molecular complexity index is 583. The number of carbonyl (C=O) groups excluding carboxylic acids is 1. The monoisotopic (exact) mass is 303 g/mol. The Labute approximate surface area is 129 Å². The Hall–Kier alpha value is -1.85. The number of nitrogens with zero attached hydrogens (tertiary/aromatic N) is 1. The van der Waals surface area contributed by atoms with Crippen molar-refractivity contribution in [3.05, 3.63) is 46.7 Å². The first-order chi connectivity index (χ1) is 10.1. The summed E-state index contributed by atoms with van der Waals surface area (Å²) in [5, 5.41) is 4.97. The van der Waals surface area contributed by atoms with Gasteiger partial charge in [-0.25, -0.2) is 0 Å². The van der Waals surface area contributed by atoms with Gasteiger partial charge >= 0.3 is 0 Å². The minimum Gasteiger partial charge on any atom is -0.399 e. The minimum absolute atomic E-state index is 0.0192. The Balaban J connectivity index is 1.86. The van der Waals surface area contributed by atoms with E-state index in [1.54, 1.807) is 23.5 Å². The molecule has 0 saturated carbocycles. The molecule has 1 amide bonds. The Morgan fingerprint density at radius 1 is 1.38 bits per heavy atom. The summed E-state index contributed by atoms with van der Waals surface area (Å²) in [5.74, 6) is -0.0192. The first-order valence-electron chi connectivity index (χ1n) is 6.95. The lowest BCUT2D eigenvalue weighted by molar-refractivity contribution is -0.120. The molecule has 5 heteroatoms. The Morgan fingerprint density at radius 3 is 2.86 bits per heavy atom. The summed E-state index contributed by atoms with van der Waals surface area (Å²) in [4.78, 5) is 15.6. The zero-order valence-electron chi connectivity index (χ0n) is 12.4. The van der Waals surface area contributed by atoms with E-state index < -0.39 is 0 Å². The minimum atomic E-state index is -0.189. The van der Waals surface area contributed by atoms with Gasteiger partial charge in [-0.3, -0.25) is 9.69 Å². The van der Waals surface area contributed by atoms with Gasteiger partial charge in [0.2, 0.25) is 5.91 Å². The van der Waals surface area contributed by atoms with Crippen molar-refractivity contribution >= 4 is 28.6 Å². The van der Waals surface area contributed by atoms with E-state index in [-0.39, 0.29) is 11.9 Å². The molecule has 1 atom stereocenters. The highest BCUT2D eigenvalue weighted by Crippen LogP contribution is 2.13. The first-order valence-corrected chi connectivity index (χ1v) is 7.83. The number of nitrogen functional groups attached to an aromatic ring is 1. The van der Waals surface area contributed by atoms with Crippen molar-refractivity contribution in [1.82, 2.24) is 4.90 Å². The third kappa shape index (κ3) is 4.58. The molecule has 1 unspecified atom stereocenters. The SMILES string of the molecule is CC(C(=O)Nc1cccc(N)c1)N(C)CCc1cccs1. The van der Waals surface area contributed by atoms with Crippen LogP contribution in [0.5, 0.6) is 0 Å². The number of amides is 1. The summed E-state index contributed by atoms with van der Waals surface area (Å²) in [6.07, 6.45) is 0.962. The number of benzene rings is 1. The predicted octanol–water partition coefficient (Wildman–Crippen LogP) is 2.83. The highest BCUT2D eigenvalue weighted by molar-refractivity contribution is 7.09. The maximum atomic E-state index is 12.2. The zero-order valence-corrected chi connectivity index (χ0v) is 13.2. The zero-order chi connectivity index (χ0) is 15.2. The molecule has 0 spiro atoms. The van der Waals surface area contributed by atoms with Crippen LogP contribution in [0.1, 0.15) is 11.8 Å². The third-order valence-corrected chi connectivity index (χ3v) is 4.42. The fourth-order valence-electron chi connectivity index (χ4n) is 2.00. The van der Waals surface area contributed by atoms with Crippen LogP contribution in [-0.2, 0) is 11.2 Å². The highest BCUT2D eigenvalue weighted by Gasteiger charge is 2.18. The van der Waals surface area contributed by atoms with Crippen LogP contribution in [0.15, 0.2) is 41.8 Å². The Kier molecular flexibility index (Phi) is 5.36. The fourth-order valence-corrected chi connectivity index (χ4v) is 2.70. The number of hydrogen-bond donors (Lipinski definition) is 2. The molecule has 0 bridgehead atoms. The molecule has 3 N–H and O–H groups in total. The van der Waals surface area contributed by atoms with E-state index >= 15 is 0 Å². The van der Waals surface area contributed by atoms with Gasteiger partial charge in [0, 0.05) is 22.8 Å². The second kappa shape index (κ2) is 7.24. The largest absolute Gasteiger partial charge is 0.399 e. The van der Waals surface area contributed by atoms with Crippen molar-refractivity contribution in [3.8, 4) is 0 Å². The Morgan fingerprint density at radius 2 is 2.19 bits per heavy atom. The molecule has 0 fully saturated rings. The number of rotatable bonds is 6. The molecule has 2 aromatic rings. The molecule has 0 radical (unpaired) electrons. The van der Waals surface area contributed by atoms with Gasteiger partial charge in [0.25, 0.3) is 0 Å². The van der Waals surface area contributed by atoms with E-state index in [0.29, 0.717) is 5.69 Å². The molecule has 0 aliphatic rings. The number of nitrogens with two attached hydrogens (primary N) is 1. The molecule has 2 rings (SSSR count). The van der Waals surface area contributed by atoms with Crippen molar-refractivity contribution in [2.45, 2.75) is 19.4 Å². The molecule has 0 aliphatic heterocycles. The topological polar surface area (TPSA) is 58.4 Å². The van der Waals surface area contributed by atoms with E-state index in [1.807, 2.05) is 26.1 Å². The average molecular weight is 303 g/mol. The fraction of sp³-hybridized carbons (Fsp3) is 0.312. The van der Waals surface area contributed by atoms with E-state index in [4.69, 9.17) is 5.73 Å². The number of anilines is 2. The molecular weight excluding hydrogens is 282 g/mol. The van der Waals surface area contributed by atoms with Crippen LogP contribution in [0.4, 0.5) is 11.4 Å². The molecular formula is C16H21N3OS.